The summed E-state index contributed by atoms with van der Waals surface area (Å²) in [4.78, 5) is 12.3. The maximum absolute atomic E-state index is 12.3. The number of anilines is 1. The molecule has 1 N–H and O–H groups in total. The van der Waals surface area contributed by atoms with Gasteiger partial charge in [0.05, 0.1) is 11.9 Å². The number of amides is 1. The maximum Gasteiger partial charge on any atom is 0.291 e. The largest absolute Gasteiger partial charge is 0.451 e. The second-order valence-electron chi connectivity index (χ2n) is 5.64. The van der Waals surface area contributed by atoms with Crippen LogP contribution in [-0.4, -0.2) is 15.7 Å². The summed E-state index contributed by atoms with van der Waals surface area (Å²) in [5, 5.41) is 7.98. The second-order valence-corrected chi connectivity index (χ2v) is 6.56. The number of rotatable bonds is 4. The first-order chi connectivity index (χ1) is 10.7. The summed E-state index contributed by atoms with van der Waals surface area (Å²) >= 11 is 3.41. The Morgan fingerprint density at radius 1 is 1.41 bits per heavy atom. The lowest BCUT2D eigenvalue weighted by atomic mass is 10.2. The molecule has 1 aromatic carbocycles. The standard InChI is InChI=1S/C16H14BrN3O2/c17-12-3-4-14-11(5-12)6-15(22-14)16(21)19-13-7-18-20(9-13)8-10-1-2-10/h3-7,9-10H,1-2,8H2,(H,19,21). The van der Waals surface area contributed by atoms with Crippen molar-refractivity contribution in [3.05, 3.63) is 46.9 Å². The van der Waals surface area contributed by atoms with Crippen LogP contribution >= 0.6 is 15.9 Å². The number of hydrogen-bond acceptors (Lipinski definition) is 3. The first kappa shape index (κ1) is 13.6. The van der Waals surface area contributed by atoms with Crippen molar-refractivity contribution in [2.75, 3.05) is 5.32 Å². The highest BCUT2D eigenvalue weighted by Crippen LogP contribution is 2.30. The lowest BCUT2D eigenvalue weighted by molar-refractivity contribution is 0.0998. The van der Waals surface area contributed by atoms with E-state index in [-0.39, 0.29) is 5.91 Å². The van der Waals surface area contributed by atoms with Gasteiger partial charge in [-0.05, 0) is 43.0 Å². The molecular formula is C16H14BrN3O2. The number of nitrogens with one attached hydrogen (secondary N) is 1. The molecule has 6 heteroatoms. The average Bonchev–Trinajstić information content (AvgIpc) is 3.03. The monoisotopic (exact) mass is 359 g/mol. The van der Waals surface area contributed by atoms with Gasteiger partial charge >= 0.3 is 0 Å². The van der Waals surface area contributed by atoms with E-state index in [1.54, 1.807) is 12.3 Å². The lowest BCUT2D eigenvalue weighted by Gasteiger charge is -1.99. The molecule has 1 aliphatic carbocycles. The quantitative estimate of drug-likeness (QED) is 0.764. The molecule has 22 heavy (non-hydrogen) atoms. The highest BCUT2D eigenvalue weighted by atomic mass is 79.9. The van der Waals surface area contributed by atoms with Gasteiger partial charge < -0.3 is 9.73 Å². The Morgan fingerprint density at radius 3 is 3.09 bits per heavy atom. The molecule has 0 atom stereocenters. The van der Waals surface area contributed by atoms with E-state index in [2.05, 4.69) is 26.3 Å². The minimum absolute atomic E-state index is 0.265. The summed E-state index contributed by atoms with van der Waals surface area (Å²) in [6, 6.07) is 7.38. The fourth-order valence-electron chi connectivity index (χ4n) is 2.41. The van der Waals surface area contributed by atoms with Gasteiger partial charge in [-0.15, -0.1) is 0 Å². The smallest absolute Gasteiger partial charge is 0.291 e. The van der Waals surface area contributed by atoms with Crippen molar-refractivity contribution in [1.29, 1.82) is 0 Å². The predicted octanol–water partition coefficient (Wildman–Crippen LogP) is 4.05. The summed E-state index contributed by atoms with van der Waals surface area (Å²) in [5.41, 5.74) is 1.38. The highest BCUT2D eigenvalue weighted by Gasteiger charge is 2.22. The number of benzene rings is 1. The third-order valence-corrected chi connectivity index (χ3v) is 4.23. The Morgan fingerprint density at radius 2 is 2.27 bits per heavy atom. The van der Waals surface area contributed by atoms with Gasteiger partial charge in [0.25, 0.3) is 5.91 Å². The number of halogens is 1. The predicted molar refractivity (Wildman–Crippen MR) is 86.8 cm³/mol. The van der Waals surface area contributed by atoms with Crippen molar-refractivity contribution in [3.8, 4) is 0 Å². The van der Waals surface area contributed by atoms with Gasteiger partial charge in [0, 0.05) is 22.6 Å². The van der Waals surface area contributed by atoms with Crippen molar-refractivity contribution in [1.82, 2.24) is 9.78 Å². The van der Waals surface area contributed by atoms with E-state index < -0.39 is 0 Å². The molecule has 4 rings (SSSR count). The number of carbonyl (C=O) groups excluding carboxylic acids is 1. The minimum atomic E-state index is -0.265. The van der Waals surface area contributed by atoms with E-state index in [4.69, 9.17) is 4.42 Å². The molecule has 112 valence electrons. The SMILES string of the molecule is O=C(Nc1cnn(CC2CC2)c1)c1cc2cc(Br)ccc2o1. The molecule has 1 amide bonds. The molecule has 0 spiro atoms. The molecule has 2 heterocycles. The Balaban J connectivity index is 1.51. The van der Waals surface area contributed by atoms with Crippen LogP contribution in [0.25, 0.3) is 11.0 Å². The summed E-state index contributed by atoms with van der Waals surface area (Å²) in [7, 11) is 0. The van der Waals surface area contributed by atoms with Crippen LogP contribution in [0.3, 0.4) is 0 Å². The zero-order valence-electron chi connectivity index (χ0n) is 11.8. The van der Waals surface area contributed by atoms with Crippen LogP contribution in [-0.2, 0) is 6.54 Å². The van der Waals surface area contributed by atoms with Crippen molar-refractivity contribution >= 4 is 38.5 Å². The molecule has 1 saturated carbocycles. The lowest BCUT2D eigenvalue weighted by Crippen LogP contribution is -2.10. The van der Waals surface area contributed by atoms with Crippen molar-refractivity contribution in [2.45, 2.75) is 19.4 Å². The van der Waals surface area contributed by atoms with Gasteiger partial charge in [-0.3, -0.25) is 9.48 Å². The van der Waals surface area contributed by atoms with E-state index in [1.165, 1.54) is 12.8 Å². The number of hydrogen-bond donors (Lipinski definition) is 1. The summed E-state index contributed by atoms with van der Waals surface area (Å²) in [6.45, 7) is 0.925. The summed E-state index contributed by atoms with van der Waals surface area (Å²) in [6.07, 6.45) is 6.07. The molecule has 2 aromatic heterocycles. The Labute approximate surface area is 135 Å². The highest BCUT2D eigenvalue weighted by molar-refractivity contribution is 9.10. The van der Waals surface area contributed by atoms with E-state index in [1.807, 2.05) is 29.1 Å². The van der Waals surface area contributed by atoms with Gasteiger partial charge in [-0.1, -0.05) is 15.9 Å². The van der Waals surface area contributed by atoms with Crippen LogP contribution in [0.1, 0.15) is 23.4 Å². The number of carbonyl (C=O) groups is 1. The van der Waals surface area contributed by atoms with Crippen LogP contribution in [0.4, 0.5) is 5.69 Å². The third kappa shape index (κ3) is 2.78. The van der Waals surface area contributed by atoms with E-state index in [9.17, 15) is 4.79 Å². The average molecular weight is 360 g/mol. The normalized spacial score (nSPS) is 14.4. The van der Waals surface area contributed by atoms with Crippen LogP contribution in [0.15, 0.2) is 45.5 Å². The minimum Gasteiger partial charge on any atom is -0.451 e. The van der Waals surface area contributed by atoms with E-state index >= 15 is 0 Å². The maximum atomic E-state index is 12.3. The van der Waals surface area contributed by atoms with Crippen LogP contribution < -0.4 is 5.32 Å². The second kappa shape index (κ2) is 5.28. The zero-order valence-corrected chi connectivity index (χ0v) is 13.3. The Bertz CT molecular complexity index is 848. The molecular weight excluding hydrogens is 346 g/mol. The first-order valence-electron chi connectivity index (χ1n) is 7.20. The molecule has 0 bridgehead atoms. The van der Waals surface area contributed by atoms with Crippen molar-refractivity contribution in [3.63, 3.8) is 0 Å². The molecule has 0 saturated heterocycles. The van der Waals surface area contributed by atoms with Gasteiger partial charge in [0.15, 0.2) is 5.76 Å². The number of fused-ring (bicyclic) bond motifs is 1. The van der Waals surface area contributed by atoms with Crippen molar-refractivity contribution < 1.29 is 9.21 Å². The number of aromatic nitrogens is 2. The summed E-state index contributed by atoms with van der Waals surface area (Å²) in [5.74, 6) is 0.776. The van der Waals surface area contributed by atoms with Gasteiger partial charge in [0.1, 0.15) is 5.58 Å². The molecule has 5 nitrogen and oxygen atoms in total. The number of furan rings is 1. The fraction of sp³-hybridized carbons (Fsp3) is 0.250. The first-order valence-corrected chi connectivity index (χ1v) is 7.99. The molecule has 1 fully saturated rings. The Kier molecular flexibility index (Phi) is 3.26. The fourth-order valence-corrected chi connectivity index (χ4v) is 2.79. The number of nitrogens with zero attached hydrogens (tertiary/aromatic N) is 2. The van der Waals surface area contributed by atoms with Crippen LogP contribution in [0.2, 0.25) is 0 Å². The zero-order chi connectivity index (χ0) is 15.1. The van der Waals surface area contributed by atoms with E-state index in [0.717, 1.165) is 22.3 Å². The van der Waals surface area contributed by atoms with Gasteiger partial charge in [-0.2, -0.15) is 5.10 Å². The Hall–Kier alpha value is -2.08. The van der Waals surface area contributed by atoms with Crippen LogP contribution in [0, 0.1) is 5.92 Å². The van der Waals surface area contributed by atoms with Gasteiger partial charge in [0.2, 0.25) is 0 Å². The molecule has 3 aromatic rings. The van der Waals surface area contributed by atoms with Crippen LogP contribution in [0.5, 0.6) is 0 Å². The van der Waals surface area contributed by atoms with Gasteiger partial charge in [-0.25, -0.2) is 0 Å². The molecule has 0 radical (unpaired) electrons. The van der Waals surface area contributed by atoms with Crippen molar-refractivity contribution in [2.24, 2.45) is 5.92 Å². The molecule has 0 aliphatic heterocycles. The summed E-state index contributed by atoms with van der Waals surface area (Å²) < 4.78 is 8.41. The van der Waals surface area contributed by atoms with E-state index in [0.29, 0.717) is 17.0 Å². The third-order valence-electron chi connectivity index (χ3n) is 3.74. The molecule has 0 unspecified atom stereocenters. The topological polar surface area (TPSA) is 60.1 Å². The molecule has 1 aliphatic rings.